The van der Waals surface area contributed by atoms with Gasteiger partial charge in [0.15, 0.2) is 0 Å². The summed E-state index contributed by atoms with van der Waals surface area (Å²) in [6, 6.07) is 16.8. The van der Waals surface area contributed by atoms with Crippen LogP contribution in [0.4, 0.5) is 4.79 Å². The average molecular weight is 428 g/mol. The lowest BCUT2D eigenvalue weighted by Crippen LogP contribution is -2.54. The number of nitrogens with one attached hydrogen (secondary N) is 2. The fourth-order valence-electron chi connectivity index (χ4n) is 3.85. The molecule has 1 atom stereocenters. The molecular formula is C24H30ClN3O2. The van der Waals surface area contributed by atoms with Crippen LogP contribution in [0.15, 0.2) is 54.6 Å². The molecule has 160 valence electrons. The number of likely N-dealkylation sites (tertiary alicyclic amines) is 1. The summed E-state index contributed by atoms with van der Waals surface area (Å²) in [5.41, 5.74) is 2.29. The van der Waals surface area contributed by atoms with E-state index in [-0.39, 0.29) is 17.9 Å². The molecule has 3 rings (SSSR count). The summed E-state index contributed by atoms with van der Waals surface area (Å²) in [5.74, 6) is 0.439. The molecule has 0 unspecified atom stereocenters. The fourth-order valence-corrected chi connectivity index (χ4v) is 3.97. The van der Waals surface area contributed by atoms with Gasteiger partial charge in [-0.05, 0) is 47.9 Å². The number of amides is 3. The molecular weight excluding hydrogens is 398 g/mol. The third-order valence-corrected chi connectivity index (χ3v) is 5.92. The van der Waals surface area contributed by atoms with Crippen molar-refractivity contribution >= 4 is 23.5 Å². The minimum atomic E-state index is -0.534. The lowest BCUT2D eigenvalue weighted by atomic mass is 9.89. The molecule has 0 saturated carbocycles. The summed E-state index contributed by atoms with van der Waals surface area (Å²) in [7, 11) is 0. The first-order chi connectivity index (χ1) is 14.4. The van der Waals surface area contributed by atoms with E-state index in [9.17, 15) is 9.59 Å². The number of benzene rings is 2. The molecule has 3 amide bonds. The van der Waals surface area contributed by atoms with Gasteiger partial charge in [0.2, 0.25) is 5.91 Å². The lowest BCUT2D eigenvalue weighted by Gasteiger charge is -2.35. The summed E-state index contributed by atoms with van der Waals surface area (Å²) in [5, 5.41) is 6.46. The molecule has 1 aliphatic heterocycles. The van der Waals surface area contributed by atoms with Crippen molar-refractivity contribution in [3.8, 4) is 0 Å². The van der Waals surface area contributed by atoms with Crippen LogP contribution < -0.4 is 10.6 Å². The first kappa shape index (κ1) is 22.2. The van der Waals surface area contributed by atoms with Crippen LogP contribution in [-0.2, 0) is 11.3 Å². The van der Waals surface area contributed by atoms with Gasteiger partial charge in [-0.2, -0.15) is 0 Å². The molecule has 1 aliphatic rings. The number of carbonyl (C=O) groups is 2. The maximum atomic E-state index is 13.1. The van der Waals surface area contributed by atoms with Gasteiger partial charge in [0.1, 0.15) is 6.04 Å². The van der Waals surface area contributed by atoms with Gasteiger partial charge in [-0.1, -0.05) is 67.9 Å². The Kier molecular flexibility index (Phi) is 7.75. The molecule has 1 saturated heterocycles. The highest BCUT2D eigenvalue weighted by atomic mass is 35.5. The molecule has 1 fully saturated rings. The van der Waals surface area contributed by atoms with Gasteiger partial charge >= 0.3 is 6.03 Å². The number of urea groups is 1. The highest BCUT2D eigenvalue weighted by molar-refractivity contribution is 6.30. The second kappa shape index (κ2) is 10.5. The van der Waals surface area contributed by atoms with E-state index >= 15 is 0 Å². The third kappa shape index (κ3) is 5.99. The van der Waals surface area contributed by atoms with Crippen LogP contribution in [0, 0.1) is 5.92 Å². The van der Waals surface area contributed by atoms with Crippen LogP contribution >= 0.6 is 11.6 Å². The number of hydrogen-bond donors (Lipinski definition) is 2. The summed E-state index contributed by atoms with van der Waals surface area (Å²) in [6.07, 6.45) is 1.83. The Morgan fingerprint density at radius 3 is 2.27 bits per heavy atom. The fraction of sp³-hybridized carbons (Fsp3) is 0.417. The zero-order chi connectivity index (χ0) is 21.5. The number of nitrogens with zero attached hydrogens (tertiary/aromatic N) is 1. The summed E-state index contributed by atoms with van der Waals surface area (Å²) in [4.78, 5) is 27.4. The van der Waals surface area contributed by atoms with E-state index in [1.165, 1.54) is 5.56 Å². The van der Waals surface area contributed by atoms with Crippen LogP contribution in [0.3, 0.4) is 0 Å². The minimum Gasteiger partial charge on any atom is -0.341 e. The maximum absolute atomic E-state index is 13.1. The predicted molar refractivity (Wildman–Crippen MR) is 120 cm³/mol. The topological polar surface area (TPSA) is 61.4 Å². The summed E-state index contributed by atoms with van der Waals surface area (Å²) < 4.78 is 0. The van der Waals surface area contributed by atoms with Crippen LogP contribution in [0.5, 0.6) is 0 Å². The molecule has 0 spiro atoms. The highest BCUT2D eigenvalue weighted by Crippen LogP contribution is 2.29. The Morgan fingerprint density at radius 2 is 1.67 bits per heavy atom. The molecule has 0 radical (unpaired) electrons. The van der Waals surface area contributed by atoms with Crippen molar-refractivity contribution in [2.75, 3.05) is 13.1 Å². The van der Waals surface area contributed by atoms with Gasteiger partial charge < -0.3 is 15.5 Å². The Balaban J connectivity index is 1.52. The molecule has 30 heavy (non-hydrogen) atoms. The quantitative estimate of drug-likeness (QED) is 0.709. The Morgan fingerprint density at radius 1 is 1.03 bits per heavy atom. The number of halogens is 1. The molecule has 2 aromatic carbocycles. The zero-order valence-electron chi connectivity index (χ0n) is 17.6. The molecule has 5 nitrogen and oxygen atoms in total. The van der Waals surface area contributed by atoms with Crippen LogP contribution in [0.2, 0.25) is 5.02 Å². The van der Waals surface area contributed by atoms with E-state index in [4.69, 9.17) is 11.6 Å². The first-order valence-corrected chi connectivity index (χ1v) is 10.9. The number of rotatable bonds is 6. The normalized spacial score (nSPS) is 15.7. The van der Waals surface area contributed by atoms with Crippen molar-refractivity contribution in [2.45, 2.75) is 45.2 Å². The largest absolute Gasteiger partial charge is 0.341 e. The Labute approximate surface area is 183 Å². The second-order valence-electron chi connectivity index (χ2n) is 8.19. The van der Waals surface area contributed by atoms with E-state index in [0.29, 0.717) is 25.6 Å². The van der Waals surface area contributed by atoms with Gasteiger partial charge in [0.05, 0.1) is 0 Å². The van der Waals surface area contributed by atoms with Crippen LogP contribution in [0.1, 0.15) is 43.7 Å². The Hall–Kier alpha value is -2.53. The van der Waals surface area contributed by atoms with E-state index in [1.54, 1.807) is 0 Å². The van der Waals surface area contributed by atoms with Crippen molar-refractivity contribution in [3.05, 3.63) is 70.7 Å². The lowest BCUT2D eigenvalue weighted by molar-refractivity contribution is -0.135. The number of carbonyl (C=O) groups excluding carboxylic acids is 2. The van der Waals surface area contributed by atoms with Gasteiger partial charge in [0, 0.05) is 24.7 Å². The molecule has 0 aromatic heterocycles. The minimum absolute atomic E-state index is 0.00517. The van der Waals surface area contributed by atoms with E-state index in [2.05, 4.69) is 22.8 Å². The van der Waals surface area contributed by atoms with E-state index in [0.717, 1.165) is 23.4 Å². The monoisotopic (exact) mass is 427 g/mol. The smallest absolute Gasteiger partial charge is 0.315 e. The predicted octanol–water partition coefficient (Wildman–Crippen LogP) is 4.57. The molecule has 0 bridgehead atoms. The van der Waals surface area contributed by atoms with Gasteiger partial charge in [-0.15, -0.1) is 0 Å². The highest BCUT2D eigenvalue weighted by Gasteiger charge is 2.31. The molecule has 0 aliphatic carbocycles. The third-order valence-electron chi connectivity index (χ3n) is 5.66. The van der Waals surface area contributed by atoms with Gasteiger partial charge in [-0.3, -0.25) is 4.79 Å². The number of hydrogen-bond acceptors (Lipinski definition) is 2. The van der Waals surface area contributed by atoms with Gasteiger partial charge in [-0.25, -0.2) is 4.79 Å². The summed E-state index contributed by atoms with van der Waals surface area (Å²) in [6.45, 7) is 5.74. The Bertz CT molecular complexity index is 831. The molecule has 2 N–H and O–H groups in total. The first-order valence-electron chi connectivity index (χ1n) is 10.6. The van der Waals surface area contributed by atoms with Gasteiger partial charge in [0.25, 0.3) is 0 Å². The van der Waals surface area contributed by atoms with Crippen molar-refractivity contribution in [1.29, 1.82) is 0 Å². The van der Waals surface area contributed by atoms with Crippen molar-refractivity contribution in [2.24, 2.45) is 5.92 Å². The van der Waals surface area contributed by atoms with Crippen LogP contribution in [-0.4, -0.2) is 36.0 Å². The summed E-state index contributed by atoms with van der Waals surface area (Å²) >= 11 is 5.99. The maximum Gasteiger partial charge on any atom is 0.315 e. The SMILES string of the molecule is CC(C)[C@@H](NC(=O)NCc1ccccc1)C(=O)N1CCC(c2ccc(Cl)cc2)CC1. The van der Waals surface area contributed by atoms with Crippen molar-refractivity contribution in [3.63, 3.8) is 0 Å². The second-order valence-corrected chi connectivity index (χ2v) is 8.62. The molecule has 2 aromatic rings. The van der Waals surface area contributed by atoms with Crippen LogP contribution in [0.25, 0.3) is 0 Å². The van der Waals surface area contributed by atoms with Crippen molar-refractivity contribution in [1.82, 2.24) is 15.5 Å². The molecule has 6 heteroatoms. The zero-order valence-corrected chi connectivity index (χ0v) is 18.4. The standard InChI is InChI=1S/C24H30ClN3O2/c1-17(2)22(27-24(30)26-16-18-6-4-3-5-7-18)23(29)28-14-12-20(13-15-28)19-8-10-21(25)11-9-19/h3-11,17,20,22H,12-16H2,1-2H3,(H2,26,27,30)/t22-/m1/s1. The average Bonchev–Trinajstić information content (AvgIpc) is 2.77. The van der Waals surface area contributed by atoms with E-state index in [1.807, 2.05) is 61.2 Å². The van der Waals surface area contributed by atoms with Crippen molar-refractivity contribution < 1.29 is 9.59 Å². The molecule has 1 heterocycles. The number of piperidine rings is 1. The van der Waals surface area contributed by atoms with E-state index < -0.39 is 6.04 Å².